The highest BCUT2D eigenvalue weighted by Gasteiger charge is 2.35. The smallest absolute Gasteiger partial charge is 0.200 e. The van der Waals surface area contributed by atoms with Crippen LogP contribution in [0.3, 0.4) is 0 Å². The largest absolute Gasteiger partial charge is 0.502 e. The van der Waals surface area contributed by atoms with Crippen molar-refractivity contribution in [3.8, 4) is 17.2 Å². The van der Waals surface area contributed by atoms with Gasteiger partial charge < -0.3 is 14.6 Å². The Hall–Kier alpha value is -1.42. The van der Waals surface area contributed by atoms with Crippen molar-refractivity contribution in [2.45, 2.75) is 44.7 Å². The van der Waals surface area contributed by atoms with Gasteiger partial charge in [-0.3, -0.25) is 4.90 Å². The molecule has 4 nitrogen and oxygen atoms in total. The van der Waals surface area contributed by atoms with Crippen LogP contribution in [0.15, 0.2) is 12.1 Å². The second kappa shape index (κ2) is 6.14. The Morgan fingerprint density at radius 3 is 2.43 bits per heavy atom. The molecule has 1 saturated carbocycles. The SMILES string of the molecule is COc1cc(CN2CCC3CCCCC32)cc(OC)c1O. The molecule has 1 aliphatic carbocycles. The van der Waals surface area contributed by atoms with E-state index in [9.17, 15) is 5.11 Å². The van der Waals surface area contributed by atoms with Crippen molar-refractivity contribution in [3.05, 3.63) is 17.7 Å². The summed E-state index contributed by atoms with van der Waals surface area (Å²) in [5, 5.41) is 10.00. The van der Waals surface area contributed by atoms with Crippen LogP contribution < -0.4 is 9.47 Å². The molecule has 3 rings (SSSR count). The van der Waals surface area contributed by atoms with E-state index < -0.39 is 0 Å². The van der Waals surface area contributed by atoms with E-state index in [1.807, 2.05) is 12.1 Å². The van der Waals surface area contributed by atoms with Crippen molar-refractivity contribution in [1.82, 2.24) is 4.90 Å². The normalized spacial score (nSPS) is 25.6. The third-order valence-corrected chi connectivity index (χ3v) is 5.05. The number of phenolic OH excluding ortho intramolecular Hbond substituents is 1. The fourth-order valence-electron chi connectivity index (χ4n) is 3.97. The average Bonchev–Trinajstić information content (AvgIpc) is 2.92. The van der Waals surface area contributed by atoms with Crippen LogP contribution >= 0.6 is 0 Å². The summed E-state index contributed by atoms with van der Waals surface area (Å²) >= 11 is 0. The van der Waals surface area contributed by atoms with Gasteiger partial charge in [0.15, 0.2) is 11.5 Å². The number of benzene rings is 1. The molecule has 1 aromatic carbocycles. The fourth-order valence-corrected chi connectivity index (χ4v) is 3.97. The van der Waals surface area contributed by atoms with Gasteiger partial charge in [-0.2, -0.15) is 0 Å². The maximum Gasteiger partial charge on any atom is 0.200 e. The molecule has 2 fully saturated rings. The lowest BCUT2D eigenvalue weighted by Crippen LogP contribution is -2.34. The van der Waals surface area contributed by atoms with Gasteiger partial charge in [0.2, 0.25) is 5.75 Å². The van der Waals surface area contributed by atoms with Gasteiger partial charge in [0.05, 0.1) is 14.2 Å². The van der Waals surface area contributed by atoms with Crippen LogP contribution in [-0.2, 0) is 6.54 Å². The third-order valence-electron chi connectivity index (χ3n) is 5.05. The molecular weight excluding hydrogens is 266 g/mol. The molecule has 1 aromatic rings. The maximum atomic E-state index is 10.00. The van der Waals surface area contributed by atoms with Crippen molar-refractivity contribution in [2.75, 3.05) is 20.8 Å². The van der Waals surface area contributed by atoms with Crippen molar-refractivity contribution in [3.63, 3.8) is 0 Å². The molecule has 4 heteroatoms. The van der Waals surface area contributed by atoms with Gasteiger partial charge in [0.25, 0.3) is 0 Å². The zero-order chi connectivity index (χ0) is 14.8. The van der Waals surface area contributed by atoms with Crippen LogP contribution in [0.1, 0.15) is 37.7 Å². The maximum absolute atomic E-state index is 10.00. The number of rotatable bonds is 4. The minimum Gasteiger partial charge on any atom is -0.502 e. The minimum atomic E-state index is 0.0840. The monoisotopic (exact) mass is 291 g/mol. The van der Waals surface area contributed by atoms with Crippen LogP contribution in [0.5, 0.6) is 17.2 Å². The lowest BCUT2D eigenvalue weighted by Gasteiger charge is -2.31. The molecule has 116 valence electrons. The van der Waals surface area contributed by atoms with E-state index in [2.05, 4.69) is 4.90 Å². The highest BCUT2D eigenvalue weighted by atomic mass is 16.5. The van der Waals surface area contributed by atoms with E-state index in [4.69, 9.17) is 9.47 Å². The van der Waals surface area contributed by atoms with Crippen molar-refractivity contribution < 1.29 is 14.6 Å². The molecule has 0 spiro atoms. The molecule has 0 aromatic heterocycles. The molecule has 2 atom stereocenters. The fraction of sp³-hybridized carbons (Fsp3) is 0.647. The Kier molecular flexibility index (Phi) is 4.24. The van der Waals surface area contributed by atoms with E-state index in [-0.39, 0.29) is 5.75 Å². The van der Waals surface area contributed by atoms with Crippen LogP contribution in [0.4, 0.5) is 0 Å². The first-order chi connectivity index (χ1) is 10.2. The number of phenols is 1. The number of hydrogen-bond donors (Lipinski definition) is 1. The Bertz CT molecular complexity index is 478. The number of likely N-dealkylation sites (tertiary alicyclic amines) is 1. The molecule has 0 bridgehead atoms. The predicted molar refractivity (Wildman–Crippen MR) is 82.0 cm³/mol. The molecule has 21 heavy (non-hydrogen) atoms. The van der Waals surface area contributed by atoms with E-state index >= 15 is 0 Å². The highest BCUT2D eigenvalue weighted by Crippen LogP contribution is 2.40. The number of hydrogen-bond acceptors (Lipinski definition) is 4. The van der Waals surface area contributed by atoms with Crippen LogP contribution in [0, 0.1) is 5.92 Å². The Balaban J connectivity index is 1.78. The topological polar surface area (TPSA) is 41.9 Å². The van der Waals surface area contributed by atoms with Crippen molar-refractivity contribution >= 4 is 0 Å². The molecular formula is C17H25NO3. The molecule has 2 unspecified atom stereocenters. The Morgan fingerprint density at radius 1 is 1.10 bits per heavy atom. The standard InChI is InChI=1S/C17H25NO3/c1-20-15-9-12(10-16(21-2)17(15)19)11-18-8-7-13-5-3-4-6-14(13)18/h9-10,13-14,19H,3-8,11H2,1-2H3. The predicted octanol–water partition coefficient (Wildman–Crippen LogP) is 3.17. The van der Waals surface area contributed by atoms with Gasteiger partial charge in [0.1, 0.15) is 0 Å². The van der Waals surface area contributed by atoms with Gasteiger partial charge in [-0.05, 0) is 49.4 Å². The third kappa shape index (κ3) is 2.82. The summed E-state index contributed by atoms with van der Waals surface area (Å²) in [6.45, 7) is 2.09. The average molecular weight is 291 g/mol. The molecule has 1 aliphatic heterocycles. The van der Waals surface area contributed by atoms with Crippen LogP contribution in [-0.4, -0.2) is 36.8 Å². The van der Waals surface area contributed by atoms with Gasteiger partial charge in [-0.15, -0.1) is 0 Å². The molecule has 1 heterocycles. The molecule has 0 radical (unpaired) electrons. The number of nitrogens with zero attached hydrogens (tertiary/aromatic N) is 1. The number of methoxy groups -OCH3 is 2. The Morgan fingerprint density at radius 2 is 1.76 bits per heavy atom. The summed E-state index contributed by atoms with van der Waals surface area (Å²) in [6.07, 6.45) is 6.81. The van der Waals surface area contributed by atoms with Gasteiger partial charge in [-0.1, -0.05) is 12.8 Å². The number of aromatic hydroxyl groups is 1. The van der Waals surface area contributed by atoms with Gasteiger partial charge in [0, 0.05) is 12.6 Å². The molecule has 1 saturated heterocycles. The minimum absolute atomic E-state index is 0.0840. The Labute approximate surface area is 126 Å². The summed E-state index contributed by atoms with van der Waals surface area (Å²) in [4.78, 5) is 2.59. The van der Waals surface area contributed by atoms with E-state index in [1.165, 1.54) is 38.6 Å². The molecule has 1 N–H and O–H groups in total. The summed E-state index contributed by atoms with van der Waals surface area (Å²) < 4.78 is 10.5. The zero-order valence-electron chi connectivity index (χ0n) is 13.0. The van der Waals surface area contributed by atoms with E-state index in [1.54, 1.807) is 14.2 Å². The van der Waals surface area contributed by atoms with Crippen molar-refractivity contribution in [2.24, 2.45) is 5.92 Å². The van der Waals surface area contributed by atoms with Crippen LogP contribution in [0.2, 0.25) is 0 Å². The first-order valence-electron chi connectivity index (χ1n) is 7.91. The van der Waals surface area contributed by atoms with Gasteiger partial charge in [-0.25, -0.2) is 0 Å². The van der Waals surface area contributed by atoms with Crippen molar-refractivity contribution in [1.29, 1.82) is 0 Å². The lowest BCUT2D eigenvalue weighted by atomic mass is 9.85. The first-order valence-corrected chi connectivity index (χ1v) is 7.91. The number of fused-ring (bicyclic) bond motifs is 1. The molecule has 2 aliphatic rings. The van der Waals surface area contributed by atoms with Crippen LogP contribution in [0.25, 0.3) is 0 Å². The second-order valence-corrected chi connectivity index (χ2v) is 6.22. The summed E-state index contributed by atoms with van der Waals surface area (Å²) in [5.74, 6) is 1.95. The van der Waals surface area contributed by atoms with Gasteiger partial charge >= 0.3 is 0 Å². The van der Waals surface area contributed by atoms with E-state index in [0.29, 0.717) is 11.5 Å². The summed E-state index contributed by atoms with van der Waals surface area (Å²) in [6, 6.07) is 4.59. The zero-order valence-corrected chi connectivity index (χ0v) is 13.0. The van der Waals surface area contributed by atoms with E-state index in [0.717, 1.165) is 24.1 Å². The number of ether oxygens (including phenoxy) is 2. The first kappa shape index (κ1) is 14.5. The summed E-state index contributed by atoms with van der Waals surface area (Å²) in [5.41, 5.74) is 1.15. The lowest BCUT2D eigenvalue weighted by molar-refractivity contribution is 0.175. The highest BCUT2D eigenvalue weighted by molar-refractivity contribution is 5.52. The summed E-state index contributed by atoms with van der Waals surface area (Å²) in [7, 11) is 3.15. The molecule has 0 amide bonds. The quantitative estimate of drug-likeness (QED) is 0.925. The second-order valence-electron chi connectivity index (χ2n) is 6.22.